The number of nitro benzene ring substituents is 1. The molecule has 29 heavy (non-hydrogen) atoms. The summed E-state index contributed by atoms with van der Waals surface area (Å²) in [6, 6.07) is 14.1. The number of nitro groups is 1. The molecule has 0 saturated carbocycles. The lowest BCUT2D eigenvalue weighted by Gasteiger charge is -2.05. The smallest absolute Gasteiger partial charge is 0.290 e. The molecule has 0 radical (unpaired) electrons. The van der Waals surface area contributed by atoms with E-state index in [9.17, 15) is 19.3 Å². The van der Waals surface area contributed by atoms with Crippen molar-refractivity contribution in [3.63, 3.8) is 0 Å². The quantitative estimate of drug-likeness (QED) is 0.355. The van der Waals surface area contributed by atoms with Crippen LogP contribution in [0.3, 0.4) is 0 Å². The summed E-state index contributed by atoms with van der Waals surface area (Å²) >= 11 is 5.70. The van der Waals surface area contributed by atoms with Crippen molar-refractivity contribution in [1.82, 2.24) is 0 Å². The lowest BCUT2D eigenvalue weighted by Crippen LogP contribution is -3.00. The van der Waals surface area contributed by atoms with Gasteiger partial charge in [0.1, 0.15) is 5.82 Å². The van der Waals surface area contributed by atoms with Gasteiger partial charge in [-0.2, -0.15) is 4.57 Å². The molecule has 0 unspecified atom stereocenters. The lowest BCUT2D eigenvalue weighted by molar-refractivity contribution is -0.684. The highest BCUT2D eigenvalue weighted by Crippen LogP contribution is 2.19. The van der Waals surface area contributed by atoms with E-state index < -0.39 is 10.7 Å². The zero-order chi connectivity index (χ0) is 20.1. The van der Waals surface area contributed by atoms with Gasteiger partial charge in [-0.15, -0.1) is 0 Å². The predicted octanol–water partition coefficient (Wildman–Crippen LogP) is 0.908. The zero-order valence-electron chi connectivity index (χ0n) is 15.0. The second-order valence-corrected chi connectivity index (χ2v) is 6.56. The van der Waals surface area contributed by atoms with Gasteiger partial charge in [-0.1, -0.05) is 23.7 Å². The van der Waals surface area contributed by atoms with Crippen LogP contribution in [0.1, 0.15) is 11.1 Å². The SMILES string of the molecule is O=C(C[n+]1ccc(Cc2ccc([N+](=O)[O-])cc2)cc1)Nc1ccc(F)c(Cl)c1.[Cl-]. The Morgan fingerprint density at radius 3 is 2.28 bits per heavy atom. The molecule has 0 aliphatic rings. The normalized spacial score (nSPS) is 10.1. The maximum absolute atomic E-state index is 13.2. The minimum absolute atomic E-state index is 0. The third-order valence-electron chi connectivity index (χ3n) is 4.05. The van der Waals surface area contributed by atoms with Gasteiger partial charge in [0.15, 0.2) is 12.4 Å². The summed E-state index contributed by atoms with van der Waals surface area (Å²) in [5.74, 6) is -0.812. The van der Waals surface area contributed by atoms with Gasteiger partial charge < -0.3 is 17.7 Å². The molecule has 0 saturated heterocycles. The van der Waals surface area contributed by atoms with Crippen molar-refractivity contribution in [2.75, 3.05) is 5.32 Å². The number of nitrogens with one attached hydrogen (secondary N) is 1. The fourth-order valence-electron chi connectivity index (χ4n) is 2.62. The van der Waals surface area contributed by atoms with Crippen LogP contribution in [-0.4, -0.2) is 10.8 Å². The predicted molar refractivity (Wildman–Crippen MR) is 103 cm³/mol. The van der Waals surface area contributed by atoms with Gasteiger partial charge in [0.05, 0.1) is 9.95 Å². The highest BCUT2D eigenvalue weighted by atomic mass is 35.5. The van der Waals surface area contributed by atoms with E-state index in [4.69, 9.17) is 11.6 Å². The molecule has 1 N–H and O–H groups in total. The number of nitrogens with zero attached hydrogens (tertiary/aromatic N) is 2. The Kier molecular flexibility index (Phi) is 7.64. The molecule has 0 spiro atoms. The summed E-state index contributed by atoms with van der Waals surface area (Å²) in [6.07, 6.45) is 4.18. The van der Waals surface area contributed by atoms with Crippen molar-refractivity contribution in [3.05, 3.63) is 99.1 Å². The fraction of sp³-hybridized carbons (Fsp3) is 0.100. The summed E-state index contributed by atoms with van der Waals surface area (Å²) < 4.78 is 14.9. The van der Waals surface area contributed by atoms with Gasteiger partial charge in [-0.3, -0.25) is 14.9 Å². The molecule has 3 aromatic rings. The highest BCUT2D eigenvalue weighted by Gasteiger charge is 2.11. The number of benzene rings is 2. The maximum Gasteiger partial charge on any atom is 0.290 e. The first-order valence-corrected chi connectivity index (χ1v) is 8.75. The number of hydrogen-bond donors (Lipinski definition) is 1. The number of hydrogen-bond acceptors (Lipinski definition) is 3. The van der Waals surface area contributed by atoms with Gasteiger partial charge >= 0.3 is 0 Å². The Hall–Kier alpha value is -3.03. The van der Waals surface area contributed by atoms with E-state index in [1.165, 1.54) is 30.3 Å². The van der Waals surface area contributed by atoms with Gasteiger partial charge in [0, 0.05) is 30.0 Å². The van der Waals surface area contributed by atoms with Crippen molar-refractivity contribution in [1.29, 1.82) is 0 Å². The average molecular weight is 436 g/mol. The van der Waals surface area contributed by atoms with Crippen LogP contribution in [0.4, 0.5) is 15.8 Å². The molecule has 1 amide bonds. The number of non-ortho nitro benzene ring substituents is 1. The summed E-state index contributed by atoms with van der Waals surface area (Å²) in [6.45, 7) is 0.0901. The van der Waals surface area contributed by atoms with Gasteiger partial charge in [0.2, 0.25) is 6.54 Å². The van der Waals surface area contributed by atoms with Crippen molar-refractivity contribution in [2.45, 2.75) is 13.0 Å². The molecule has 0 aliphatic carbocycles. The standard InChI is InChI=1S/C20H15ClFN3O3.ClH/c21-18-12-16(3-6-19(18)22)23-20(26)13-24-9-7-15(8-10-24)11-14-1-4-17(5-2-14)25(27)28;/h1-10,12H,11,13H2;1H. The van der Waals surface area contributed by atoms with E-state index in [0.29, 0.717) is 12.1 Å². The van der Waals surface area contributed by atoms with Crippen LogP contribution >= 0.6 is 11.6 Å². The Balaban J connectivity index is 0.00000300. The molecule has 0 atom stereocenters. The second kappa shape index (κ2) is 9.95. The van der Waals surface area contributed by atoms with Crippen LogP contribution in [0.5, 0.6) is 0 Å². The third-order valence-corrected chi connectivity index (χ3v) is 4.33. The van der Waals surface area contributed by atoms with E-state index >= 15 is 0 Å². The number of amides is 1. The van der Waals surface area contributed by atoms with E-state index in [1.54, 1.807) is 29.1 Å². The number of halogens is 3. The fourth-order valence-corrected chi connectivity index (χ4v) is 2.80. The number of carbonyl (C=O) groups excluding carboxylic acids is 1. The van der Waals surface area contributed by atoms with Crippen molar-refractivity contribution in [3.8, 4) is 0 Å². The second-order valence-electron chi connectivity index (χ2n) is 6.16. The van der Waals surface area contributed by atoms with Crippen LogP contribution in [0.15, 0.2) is 67.0 Å². The largest absolute Gasteiger partial charge is 1.00 e. The third kappa shape index (κ3) is 6.23. The van der Waals surface area contributed by atoms with Crippen LogP contribution in [0.25, 0.3) is 0 Å². The molecule has 1 heterocycles. The molecule has 3 rings (SSSR count). The summed E-state index contributed by atoms with van der Waals surface area (Å²) in [4.78, 5) is 22.4. The number of pyridine rings is 1. The average Bonchev–Trinajstić information content (AvgIpc) is 2.67. The van der Waals surface area contributed by atoms with Crippen LogP contribution in [0, 0.1) is 15.9 Å². The Labute approximate surface area is 177 Å². The monoisotopic (exact) mass is 435 g/mol. The number of carbonyl (C=O) groups is 1. The topological polar surface area (TPSA) is 76.1 Å². The highest BCUT2D eigenvalue weighted by molar-refractivity contribution is 6.31. The Bertz CT molecular complexity index is 1010. The van der Waals surface area contributed by atoms with Gasteiger partial charge in [0.25, 0.3) is 11.6 Å². The van der Waals surface area contributed by atoms with Crippen molar-refractivity contribution >= 4 is 28.9 Å². The van der Waals surface area contributed by atoms with Crippen LogP contribution < -0.4 is 22.3 Å². The molecular formula is C20H16Cl2FN3O3. The molecule has 0 aliphatic heterocycles. The molecule has 9 heteroatoms. The summed E-state index contributed by atoms with van der Waals surface area (Å²) in [5, 5.41) is 13.3. The lowest BCUT2D eigenvalue weighted by atomic mass is 10.1. The minimum atomic E-state index is -0.544. The van der Waals surface area contributed by atoms with E-state index in [2.05, 4.69) is 5.32 Å². The first-order valence-electron chi connectivity index (χ1n) is 8.37. The van der Waals surface area contributed by atoms with Crippen molar-refractivity contribution in [2.24, 2.45) is 0 Å². The van der Waals surface area contributed by atoms with Gasteiger partial charge in [-0.05, 0) is 35.7 Å². The molecule has 1 aromatic heterocycles. The van der Waals surface area contributed by atoms with Crippen LogP contribution in [-0.2, 0) is 17.8 Å². The van der Waals surface area contributed by atoms with E-state index in [1.807, 2.05) is 12.1 Å². The molecule has 0 fully saturated rings. The molecule has 6 nitrogen and oxygen atoms in total. The summed E-state index contributed by atoms with van der Waals surface area (Å²) in [7, 11) is 0. The number of aromatic nitrogens is 1. The molecule has 0 bridgehead atoms. The Morgan fingerprint density at radius 2 is 1.69 bits per heavy atom. The van der Waals surface area contributed by atoms with Gasteiger partial charge in [-0.25, -0.2) is 4.39 Å². The Morgan fingerprint density at radius 1 is 1.07 bits per heavy atom. The first kappa shape index (κ1) is 22.3. The number of rotatable bonds is 6. The van der Waals surface area contributed by atoms with Crippen LogP contribution in [0.2, 0.25) is 5.02 Å². The summed E-state index contributed by atoms with van der Waals surface area (Å²) in [5.41, 5.74) is 2.44. The number of anilines is 1. The molecule has 2 aromatic carbocycles. The van der Waals surface area contributed by atoms with E-state index in [-0.39, 0.29) is 35.6 Å². The zero-order valence-corrected chi connectivity index (χ0v) is 16.5. The molecule has 150 valence electrons. The first-order chi connectivity index (χ1) is 13.4. The maximum atomic E-state index is 13.2. The molecular weight excluding hydrogens is 420 g/mol. The minimum Gasteiger partial charge on any atom is -1.00 e. The van der Waals surface area contributed by atoms with Crippen molar-refractivity contribution < 1.29 is 31.1 Å². The van der Waals surface area contributed by atoms with E-state index in [0.717, 1.165) is 11.1 Å².